The first-order valence-corrected chi connectivity index (χ1v) is 5.94. The molecule has 1 aromatic rings. The summed E-state index contributed by atoms with van der Waals surface area (Å²) in [6.45, 7) is 1.53. The molecule has 0 aliphatic carbocycles. The third kappa shape index (κ3) is 3.35. The average Bonchev–Trinajstić information content (AvgIpc) is 2.75. The molecule has 4 nitrogen and oxygen atoms in total. The number of likely N-dealkylation sites (tertiary alicyclic amines) is 1. The molecule has 0 saturated carbocycles. The molecule has 92 valence electrons. The minimum Gasteiger partial charge on any atom is -0.445 e. The monoisotopic (exact) mass is 254 g/mol. The lowest BCUT2D eigenvalue weighted by Gasteiger charge is -2.15. The Labute approximate surface area is 105 Å². The molecule has 0 aromatic heterocycles. The number of nitrogens with two attached hydrogens (primary N) is 1. The zero-order chi connectivity index (χ0) is 12.3. The largest absolute Gasteiger partial charge is 0.445 e. The van der Waals surface area contributed by atoms with Gasteiger partial charge in [-0.2, -0.15) is 0 Å². The highest BCUT2D eigenvalue weighted by molar-refractivity contribution is 6.30. The van der Waals surface area contributed by atoms with Gasteiger partial charge in [-0.25, -0.2) is 4.79 Å². The van der Waals surface area contributed by atoms with Crippen molar-refractivity contribution in [2.75, 3.05) is 13.1 Å². The Morgan fingerprint density at radius 1 is 1.47 bits per heavy atom. The molecule has 17 heavy (non-hydrogen) atoms. The number of hydrogen-bond acceptors (Lipinski definition) is 3. The SMILES string of the molecule is NC1CCN(C(=O)OCc2ccc(Cl)cc2)C1. The molecule has 1 aliphatic heterocycles. The summed E-state index contributed by atoms with van der Waals surface area (Å²) in [6.07, 6.45) is 0.545. The fourth-order valence-electron chi connectivity index (χ4n) is 1.77. The number of hydrogen-bond donors (Lipinski definition) is 1. The summed E-state index contributed by atoms with van der Waals surface area (Å²) in [4.78, 5) is 13.3. The van der Waals surface area contributed by atoms with Crippen molar-refractivity contribution in [1.29, 1.82) is 0 Å². The van der Waals surface area contributed by atoms with Crippen LogP contribution >= 0.6 is 11.6 Å². The predicted octanol–water partition coefficient (Wildman–Crippen LogP) is 2.01. The standard InChI is InChI=1S/C12H15ClN2O2/c13-10-3-1-9(2-4-10)8-17-12(16)15-6-5-11(14)7-15/h1-4,11H,5-8,14H2. The van der Waals surface area contributed by atoms with E-state index in [9.17, 15) is 4.79 Å². The number of halogens is 1. The molecule has 0 bridgehead atoms. The van der Waals surface area contributed by atoms with Crippen molar-refractivity contribution in [3.05, 3.63) is 34.9 Å². The molecule has 1 fully saturated rings. The molecule has 1 amide bonds. The van der Waals surface area contributed by atoms with Gasteiger partial charge in [-0.1, -0.05) is 23.7 Å². The van der Waals surface area contributed by atoms with Gasteiger partial charge in [-0.3, -0.25) is 0 Å². The van der Waals surface area contributed by atoms with E-state index in [0.29, 0.717) is 18.1 Å². The number of rotatable bonds is 2. The number of benzene rings is 1. The lowest BCUT2D eigenvalue weighted by molar-refractivity contribution is 0.104. The van der Waals surface area contributed by atoms with Crippen LogP contribution in [0.25, 0.3) is 0 Å². The summed E-state index contributed by atoms with van der Waals surface area (Å²) >= 11 is 5.76. The molecule has 0 radical (unpaired) electrons. The van der Waals surface area contributed by atoms with Crippen molar-refractivity contribution in [2.24, 2.45) is 5.73 Å². The summed E-state index contributed by atoms with van der Waals surface area (Å²) < 4.78 is 5.19. The first-order chi connectivity index (χ1) is 8.15. The first kappa shape index (κ1) is 12.2. The van der Waals surface area contributed by atoms with Crippen molar-refractivity contribution in [3.8, 4) is 0 Å². The van der Waals surface area contributed by atoms with Gasteiger partial charge >= 0.3 is 6.09 Å². The van der Waals surface area contributed by atoms with E-state index in [0.717, 1.165) is 12.0 Å². The molecule has 1 saturated heterocycles. The summed E-state index contributed by atoms with van der Waals surface area (Å²) in [6, 6.07) is 7.31. The highest BCUT2D eigenvalue weighted by Gasteiger charge is 2.24. The Kier molecular flexibility index (Phi) is 3.86. The van der Waals surface area contributed by atoms with Gasteiger partial charge in [0.25, 0.3) is 0 Å². The smallest absolute Gasteiger partial charge is 0.410 e. The molecule has 1 unspecified atom stereocenters. The Morgan fingerprint density at radius 3 is 2.76 bits per heavy atom. The van der Waals surface area contributed by atoms with Crippen LogP contribution < -0.4 is 5.73 Å². The average molecular weight is 255 g/mol. The fourth-order valence-corrected chi connectivity index (χ4v) is 1.90. The Morgan fingerprint density at radius 2 is 2.18 bits per heavy atom. The van der Waals surface area contributed by atoms with Crippen molar-refractivity contribution >= 4 is 17.7 Å². The maximum Gasteiger partial charge on any atom is 0.410 e. The first-order valence-electron chi connectivity index (χ1n) is 5.57. The third-order valence-electron chi connectivity index (χ3n) is 2.76. The number of carbonyl (C=O) groups excluding carboxylic acids is 1. The van der Waals surface area contributed by atoms with E-state index in [1.807, 2.05) is 12.1 Å². The summed E-state index contributed by atoms with van der Waals surface area (Å²) in [5.41, 5.74) is 6.65. The third-order valence-corrected chi connectivity index (χ3v) is 3.01. The van der Waals surface area contributed by atoms with Gasteiger partial charge in [-0.15, -0.1) is 0 Å². The van der Waals surface area contributed by atoms with Crippen molar-refractivity contribution in [3.63, 3.8) is 0 Å². The highest BCUT2D eigenvalue weighted by atomic mass is 35.5. The molecule has 1 atom stereocenters. The fraction of sp³-hybridized carbons (Fsp3) is 0.417. The minimum absolute atomic E-state index is 0.0816. The van der Waals surface area contributed by atoms with E-state index in [-0.39, 0.29) is 18.7 Å². The number of carbonyl (C=O) groups is 1. The van der Waals surface area contributed by atoms with E-state index in [1.165, 1.54) is 0 Å². The highest BCUT2D eigenvalue weighted by Crippen LogP contribution is 2.12. The molecular formula is C12H15ClN2O2. The van der Waals surface area contributed by atoms with E-state index in [2.05, 4.69) is 0 Å². The lowest BCUT2D eigenvalue weighted by atomic mass is 10.2. The van der Waals surface area contributed by atoms with E-state index in [4.69, 9.17) is 22.1 Å². The zero-order valence-electron chi connectivity index (χ0n) is 9.43. The van der Waals surface area contributed by atoms with Crippen molar-refractivity contribution in [1.82, 2.24) is 4.90 Å². The molecule has 0 spiro atoms. The number of ether oxygens (including phenoxy) is 1. The number of nitrogens with zero attached hydrogens (tertiary/aromatic N) is 1. The maximum absolute atomic E-state index is 11.7. The van der Waals surface area contributed by atoms with Gasteiger partial charge in [0.05, 0.1) is 0 Å². The van der Waals surface area contributed by atoms with Gasteiger partial charge in [0.1, 0.15) is 6.61 Å². The Bertz CT molecular complexity index is 394. The van der Waals surface area contributed by atoms with Crippen LogP contribution in [0.15, 0.2) is 24.3 Å². The summed E-state index contributed by atoms with van der Waals surface area (Å²) in [5.74, 6) is 0. The molecule has 1 aliphatic rings. The van der Waals surface area contributed by atoms with E-state index < -0.39 is 0 Å². The van der Waals surface area contributed by atoms with Crippen LogP contribution in [0.1, 0.15) is 12.0 Å². The maximum atomic E-state index is 11.7. The summed E-state index contributed by atoms with van der Waals surface area (Å²) in [5, 5.41) is 0.672. The van der Waals surface area contributed by atoms with E-state index >= 15 is 0 Å². The van der Waals surface area contributed by atoms with Crippen LogP contribution in [-0.4, -0.2) is 30.1 Å². The minimum atomic E-state index is -0.298. The Hall–Kier alpha value is -1.26. The lowest BCUT2D eigenvalue weighted by Crippen LogP contribution is -2.32. The van der Waals surface area contributed by atoms with Gasteiger partial charge in [-0.05, 0) is 24.1 Å². The second-order valence-corrected chi connectivity index (χ2v) is 4.61. The van der Waals surface area contributed by atoms with Crippen LogP contribution in [0, 0.1) is 0 Å². The van der Waals surface area contributed by atoms with Crippen LogP contribution in [0.4, 0.5) is 4.79 Å². The predicted molar refractivity (Wildman–Crippen MR) is 65.8 cm³/mol. The topological polar surface area (TPSA) is 55.6 Å². The Balaban J connectivity index is 1.82. The second-order valence-electron chi connectivity index (χ2n) is 4.18. The van der Waals surface area contributed by atoms with Crippen molar-refractivity contribution in [2.45, 2.75) is 19.1 Å². The second kappa shape index (κ2) is 5.38. The molecular weight excluding hydrogens is 240 g/mol. The quantitative estimate of drug-likeness (QED) is 0.878. The molecule has 5 heteroatoms. The molecule has 1 heterocycles. The molecule has 2 N–H and O–H groups in total. The molecule has 1 aromatic carbocycles. The number of amides is 1. The van der Waals surface area contributed by atoms with Crippen LogP contribution in [0.5, 0.6) is 0 Å². The zero-order valence-corrected chi connectivity index (χ0v) is 10.2. The van der Waals surface area contributed by atoms with Gasteiger partial charge in [0.2, 0.25) is 0 Å². The van der Waals surface area contributed by atoms with Gasteiger partial charge < -0.3 is 15.4 Å². The van der Waals surface area contributed by atoms with Crippen LogP contribution in [-0.2, 0) is 11.3 Å². The van der Waals surface area contributed by atoms with E-state index in [1.54, 1.807) is 17.0 Å². The summed E-state index contributed by atoms with van der Waals surface area (Å²) in [7, 11) is 0. The van der Waals surface area contributed by atoms with Gasteiger partial charge in [0, 0.05) is 24.2 Å². The molecule has 2 rings (SSSR count). The van der Waals surface area contributed by atoms with Crippen LogP contribution in [0.3, 0.4) is 0 Å². The van der Waals surface area contributed by atoms with Gasteiger partial charge in [0.15, 0.2) is 0 Å². The van der Waals surface area contributed by atoms with Crippen molar-refractivity contribution < 1.29 is 9.53 Å². The normalized spacial score (nSPS) is 19.4. The van der Waals surface area contributed by atoms with Crippen LogP contribution in [0.2, 0.25) is 5.02 Å².